The summed E-state index contributed by atoms with van der Waals surface area (Å²) >= 11 is 1.25. The van der Waals surface area contributed by atoms with E-state index in [1.165, 1.54) is 30.1 Å². The summed E-state index contributed by atoms with van der Waals surface area (Å²) in [5.41, 5.74) is 0.529. The molecule has 1 aromatic heterocycles. The van der Waals surface area contributed by atoms with Gasteiger partial charge in [-0.05, 0) is 24.3 Å². The number of H-pyrrole nitrogens is 1. The molecule has 0 fully saturated rings. The Morgan fingerprint density at radius 3 is 2.64 bits per heavy atom. The minimum absolute atomic E-state index is 0.157. The largest absolute Gasteiger partial charge is 0.325 e. The first-order valence-corrected chi connectivity index (χ1v) is 8.86. The van der Waals surface area contributed by atoms with Crippen LogP contribution in [0, 0.1) is 0 Å². The van der Waals surface area contributed by atoms with Gasteiger partial charge in [0.1, 0.15) is 5.03 Å². The number of sulfonamides is 1. The first kappa shape index (κ1) is 16.5. The number of carbonyl (C=O) groups excluding carboxylic acids is 1. The first-order chi connectivity index (χ1) is 10.5. The van der Waals surface area contributed by atoms with Gasteiger partial charge in [0.25, 0.3) is 0 Å². The zero-order valence-electron chi connectivity index (χ0n) is 11.7. The highest BCUT2D eigenvalue weighted by Crippen LogP contribution is 2.16. The second-order valence-corrected chi connectivity index (χ2v) is 6.93. The summed E-state index contributed by atoms with van der Waals surface area (Å²) in [5.74, 6) is -0.0282. The molecule has 2 rings (SSSR count). The summed E-state index contributed by atoms with van der Waals surface area (Å²) in [6.45, 7) is 2.03. The molecule has 0 atom stereocenters. The van der Waals surface area contributed by atoms with E-state index < -0.39 is 10.0 Å². The number of nitrogens with one attached hydrogen (secondary N) is 3. The van der Waals surface area contributed by atoms with E-state index in [2.05, 4.69) is 25.4 Å². The van der Waals surface area contributed by atoms with Crippen LogP contribution in [0.5, 0.6) is 0 Å². The van der Waals surface area contributed by atoms with Crippen molar-refractivity contribution in [2.24, 2.45) is 0 Å². The number of benzene rings is 1. The van der Waals surface area contributed by atoms with Crippen LogP contribution in [0.1, 0.15) is 6.92 Å². The minimum Gasteiger partial charge on any atom is -0.325 e. The van der Waals surface area contributed by atoms with Gasteiger partial charge in [0.2, 0.25) is 15.9 Å². The molecule has 10 heteroatoms. The number of amides is 1. The SMILES string of the molecule is CCNS(=O)(=O)c1ccc(NC(=O)CSc2cn[nH]n2)cc1. The molecule has 0 unspecified atom stereocenters. The van der Waals surface area contributed by atoms with Gasteiger partial charge in [-0.2, -0.15) is 10.3 Å². The molecule has 8 nitrogen and oxygen atoms in total. The monoisotopic (exact) mass is 341 g/mol. The smallest absolute Gasteiger partial charge is 0.240 e. The third kappa shape index (κ3) is 4.55. The zero-order valence-corrected chi connectivity index (χ0v) is 13.4. The highest BCUT2D eigenvalue weighted by Gasteiger charge is 2.12. The summed E-state index contributed by atoms with van der Waals surface area (Å²) in [4.78, 5) is 11.9. The van der Waals surface area contributed by atoms with Gasteiger partial charge in [0.05, 0.1) is 16.8 Å². The van der Waals surface area contributed by atoms with Crippen molar-refractivity contribution in [2.75, 3.05) is 17.6 Å². The quantitative estimate of drug-likeness (QED) is 0.642. The predicted octanol–water partition coefficient (Wildman–Crippen LogP) is 0.834. The molecule has 0 spiro atoms. The number of aromatic nitrogens is 3. The van der Waals surface area contributed by atoms with Crippen LogP contribution in [-0.2, 0) is 14.8 Å². The van der Waals surface area contributed by atoms with Crippen molar-refractivity contribution in [3.63, 3.8) is 0 Å². The fourth-order valence-electron chi connectivity index (χ4n) is 1.59. The number of nitrogens with zero attached hydrogens (tertiary/aromatic N) is 2. The van der Waals surface area contributed by atoms with Crippen molar-refractivity contribution < 1.29 is 13.2 Å². The predicted molar refractivity (Wildman–Crippen MR) is 83.0 cm³/mol. The molecular formula is C12H15N5O3S2. The van der Waals surface area contributed by atoms with Crippen LogP contribution >= 0.6 is 11.8 Å². The van der Waals surface area contributed by atoms with Crippen molar-refractivity contribution in [3.8, 4) is 0 Å². The normalized spacial score (nSPS) is 11.3. The van der Waals surface area contributed by atoms with Crippen LogP contribution in [0.25, 0.3) is 0 Å². The maximum atomic E-state index is 11.8. The lowest BCUT2D eigenvalue weighted by molar-refractivity contribution is -0.113. The molecule has 2 aromatic rings. The third-order valence-electron chi connectivity index (χ3n) is 2.53. The van der Waals surface area contributed by atoms with Gasteiger partial charge in [0.15, 0.2) is 0 Å². The molecule has 22 heavy (non-hydrogen) atoms. The van der Waals surface area contributed by atoms with Crippen LogP contribution in [0.4, 0.5) is 5.69 Å². The summed E-state index contributed by atoms with van der Waals surface area (Å²) in [6.07, 6.45) is 1.53. The molecule has 0 aliphatic carbocycles. The fourth-order valence-corrected chi connectivity index (χ4v) is 3.21. The van der Waals surface area contributed by atoms with Crippen molar-refractivity contribution in [3.05, 3.63) is 30.5 Å². The van der Waals surface area contributed by atoms with Crippen molar-refractivity contribution in [1.82, 2.24) is 20.1 Å². The van der Waals surface area contributed by atoms with Gasteiger partial charge in [-0.3, -0.25) is 4.79 Å². The minimum atomic E-state index is -3.48. The Labute approximate surface area is 132 Å². The van der Waals surface area contributed by atoms with Gasteiger partial charge in [0, 0.05) is 12.2 Å². The number of hydrogen-bond donors (Lipinski definition) is 3. The molecule has 0 saturated carbocycles. The molecule has 1 amide bonds. The maximum Gasteiger partial charge on any atom is 0.240 e. The number of hydrogen-bond acceptors (Lipinski definition) is 6. The second kappa shape index (κ2) is 7.38. The van der Waals surface area contributed by atoms with Crippen LogP contribution in [0.15, 0.2) is 40.4 Å². The average molecular weight is 341 g/mol. The third-order valence-corrected chi connectivity index (χ3v) is 4.99. The lowest BCUT2D eigenvalue weighted by Gasteiger charge is -2.07. The summed E-state index contributed by atoms with van der Waals surface area (Å²) in [5, 5.41) is 13.2. The number of aromatic amines is 1. The molecule has 3 N–H and O–H groups in total. The van der Waals surface area contributed by atoms with E-state index in [-0.39, 0.29) is 16.6 Å². The first-order valence-electron chi connectivity index (χ1n) is 6.39. The van der Waals surface area contributed by atoms with Crippen molar-refractivity contribution in [1.29, 1.82) is 0 Å². The maximum absolute atomic E-state index is 11.8. The van der Waals surface area contributed by atoms with E-state index in [0.717, 1.165) is 0 Å². The highest BCUT2D eigenvalue weighted by atomic mass is 32.2. The Morgan fingerprint density at radius 2 is 2.05 bits per heavy atom. The lowest BCUT2D eigenvalue weighted by Crippen LogP contribution is -2.23. The van der Waals surface area contributed by atoms with Crippen molar-refractivity contribution >= 4 is 33.4 Å². The highest BCUT2D eigenvalue weighted by molar-refractivity contribution is 7.99. The summed E-state index contributed by atoms with van der Waals surface area (Å²) < 4.78 is 26.0. The number of rotatable bonds is 7. The fraction of sp³-hybridized carbons (Fsp3) is 0.250. The Hall–Kier alpha value is -1.91. The van der Waals surface area contributed by atoms with E-state index in [1.807, 2.05) is 0 Å². The molecular weight excluding hydrogens is 326 g/mol. The van der Waals surface area contributed by atoms with Crippen LogP contribution < -0.4 is 10.0 Å². The Bertz CT molecular complexity index is 714. The average Bonchev–Trinajstić information content (AvgIpc) is 2.99. The van der Waals surface area contributed by atoms with Gasteiger partial charge in [-0.25, -0.2) is 13.1 Å². The molecule has 0 radical (unpaired) electrons. The zero-order chi connectivity index (χ0) is 16.0. The van der Waals surface area contributed by atoms with E-state index in [4.69, 9.17) is 0 Å². The van der Waals surface area contributed by atoms with Gasteiger partial charge < -0.3 is 5.32 Å². The summed E-state index contributed by atoms with van der Waals surface area (Å²) in [7, 11) is -3.48. The van der Waals surface area contributed by atoms with Gasteiger partial charge in [-0.15, -0.1) is 5.10 Å². The van der Waals surface area contributed by atoms with Gasteiger partial charge >= 0.3 is 0 Å². The Balaban J connectivity index is 1.92. The Kier molecular flexibility index (Phi) is 5.52. The molecule has 1 aromatic carbocycles. The van der Waals surface area contributed by atoms with E-state index >= 15 is 0 Å². The van der Waals surface area contributed by atoms with E-state index in [0.29, 0.717) is 17.3 Å². The number of thioether (sulfide) groups is 1. The topological polar surface area (TPSA) is 117 Å². The van der Waals surface area contributed by atoms with Crippen molar-refractivity contribution in [2.45, 2.75) is 16.8 Å². The van der Waals surface area contributed by atoms with E-state index in [1.54, 1.807) is 19.1 Å². The molecule has 0 bridgehead atoms. The molecule has 0 aliphatic heterocycles. The number of carbonyl (C=O) groups is 1. The van der Waals surface area contributed by atoms with E-state index in [9.17, 15) is 13.2 Å². The molecule has 118 valence electrons. The lowest BCUT2D eigenvalue weighted by atomic mass is 10.3. The molecule has 0 saturated heterocycles. The van der Waals surface area contributed by atoms with Crippen LogP contribution in [0.2, 0.25) is 0 Å². The molecule has 1 heterocycles. The van der Waals surface area contributed by atoms with Crippen LogP contribution in [-0.4, -0.2) is 42.0 Å². The van der Waals surface area contributed by atoms with Gasteiger partial charge in [-0.1, -0.05) is 18.7 Å². The standard InChI is InChI=1S/C12H15N5O3S2/c1-2-14-22(19,20)10-5-3-9(4-6-10)15-11(18)8-21-12-7-13-17-16-12/h3-7,14H,2,8H2,1H3,(H,15,18)(H,13,16,17). The molecule has 0 aliphatic rings. The Morgan fingerprint density at radius 1 is 1.32 bits per heavy atom. The second-order valence-electron chi connectivity index (χ2n) is 4.17. The number of anilines is 1. The van der Waals surface area contributed by atoms with Crippen LogP contribution in [0.3, 0.4) is 0 Å². The summed E-state index contributed by atoms with van der Waals surface area (Å²) in [6, 6.07) is 5.97.